The molecule has 0 aliphatic carbocycles. The van der Waals surface area contributed by atoms with E-state index in [2.05, 4.69) is 15.1 Å². The topological polar surface area (TPSA) is 116 Å². The number of rotatable bonds is 4. The summed E-state index contributed by atoms with van der Waals surface area (Å²) in [6, 6.07) is 1.58. The maximum atomic E-state index is 12.6. The van der Waals surface area contributed by atoms with Gasteiger partial charge in [-0.2, -0.15) is 5.10 Å². The van der Waals surface area contributed by atoms with Gasteiger partial charge in [0.25, 0.3) is 11.8 Å². The molecule has 2 amide bonds. The zero-order valence-corrected chi connectivity index (χ0v) is 14.0. The molecule has 132 valence electrons. The van der Waals surface area contributed by atoms with E-state index in [4.69, 9.17) is 10.5 Å². The molecule has 0 radical (unpaired) electrons. The van der Waals surface area contributed by atoms with Crippen molar-refractivity contribution < 1.29 is 14.3 Å². The third kappa shape index (κ3) is 4.18. The molecule has 9 heteroatoms. The highest BCUT2D eigenvalue weighted by Crippen LogP contribution is 2.15. The third-order valence-corrected chi connectivity index (χ3v) is 4.05. The second kappa shape index (κ2) is 7.39. The van der Waals surface area contributed by atoms with Crippen molar-refractivity contribution in [3.05, 3.63) is 41.7 Å². The molecular formula is C16H20N6O3. The maximum absolute atomic E-state index is 12.6. The number of nitrogens with two attached hydrogens (primary N) is 1. The average molecular weight is 344 g/mol. The summed E-state index contributed by atoms with van der Waals surface area (Å²) in [4.78, 5) is 33.7. The lowest BCUT2D eigenvalue weighted by Crippen LogP contribution is -2.36. The predicted octanol–water partition coefficient (Wildman–Crippen LogP) is -0.360. The molecule has 2 N–H and O–H groups in total. The van der Waals surface area contributed by atoms with E-state index in [-0.39, 0.29) is 17.5 Å². The van der Waals surface area contributed by atoms with E-state index in [1.54, 1.807) is 35.1 Å². The van der Waals surface area contributed by atoms with Crippen LogP contribution in [-0.4, -0.2) is 62.8 Å². The summed E-state index contributed by atoms with van der Waals surface area (Å²) in [7, 11) is 1.77. The van der Waals surface area contributed by atoms with Crippen molar-refractivity contribution in [1.82, 2.24) is 24.6 Å². The standard InChI is InChI=1S/C16H20N6O3/c1-21-8-12(6-20-21)16(24)22-2-3-25-9-11(7-22)4-13-5-14(15(17)23)19-10-18-13/h5-6,8,10-11H,2-4,7,9H2,1H3,(H2,17,23). The third-order valence-electron chi connectivity index (χ3n) is 4.05. The van der Waals surface area contributed by atoms with Crippen LogP contribution in [0, 0.1) is 5.92 Å². The molecule has 0 bridgehead atoms. The van der Waals surface area contributed by atoms with Gasteiger partial charge >= 0.3 is 0 Å². The fourth-order valence-corrected chi connectivity index (χ4v) is 2.84. The Labute approximate surface area is 144 Å². The van der Waals surface area contributed by atoms with E-state index in [1.165, 1.54) is 6.33 Å². The van der Waals surface area contributed by atoms with E-state index < -0.39 is 5.91 Å². The summed E-state index contributed by atoms with van der Waals surface area (Å²) < 4.78 is 7.23. The van der Waals surface area contributed by atoms with Crippen molar-refractivity contribution in [3.8, 4) is 0 Å². The van der Waals surface area contributed by atoms with Gasteiger partial charge < -0.3 is 15.4 Å². The second-order valence-electron chi connectivity index (χ2n) is 6.06. The van der Waals surface area contributed by atoms with Crippen molar-refractivity contribution in [2.75, 3.05) is 26.3 Å². The van der Waals surface area contributed by atoms with Crippen LogP contribution in [0.5, 0.6) is 0 Å². The second-order valence-corrected chi connectivity index (χ2v) is 6.06. The Morgan fingerprint density at radius 1 is 1.40 bits per heavy atom. The average Bonchev–Trinajstić information content (AvgIpc) is 2.89. The summed E-state index contributed by atoms with van der Waals surface area (Å²) in [5, 5.41) is 4.05. The van der Waals surface area contributed by atoms with Crippen LogP contribution in [0.1, 0.15) is 26.5 Å². The number of carbonyl (C=O) groups excluding carboxylic acids is 2. The van der Waals surface area contributed by atoms with Gasteiger partial charge in [0, 0.05) is 37.9 Å². The first kappa shape index (κ1) is 17.0. The molecule has 2 aromatic rings. The molecule has 3 rings (SSSR count). The Hall–Kier alpha value is -2.81. The molecule has 0 aromatic carbocycles. The fraction of sp³-hybridized carbons (Fsp3) is 0.438. The number of aryl methyl sites for hydroxylation is 1. The van der Waals surface area contributed by atoms with E-state index in [1.807, 2.05) is 0 Å². The van der Waals surface area contributed by atoms with E-state index in [0.29, 0.717) is 44.0 Å². The van der Waals surface area contributed by atoms with Crippen LogP contribution in [0.25, 0.3) is 0 Å². The summed E-state index contributed by atoms with van der Waals surface area (Å²) in [6.45, 7) is 2.08. The number of nitrogens with zero attached hydrogens (tertiary/aromatic N) is 5. The van der Waals surface area contributed by atoms with Crippen molar-refractivity contribution >= 4 is 11.8 Å². The largest absolute Gasteiger partial charge is 0.379 e. The van der Waals surface area contributed by atoms with Crippen LogP contribution >= 0.6 is 0 Å². The Bertz CT molecular complexity index is 775. The smallest absolute Gasteiger partial charge is 0.267 e. The Morgan fingerprint density at radius 2 is 2.24 bits per heavy atom. The van der Waals surface area contributed by atoms with Gasteiger partial charge in [-0.15, -0.1) is 0 Å². The van der Waals surface area contributed by atoms with Gasteiger partial charge in [-0.05, 0) is 12.5 Å². The molecule has 0 saturated carbocycles. The molecule has 3 heterocycles. The van der Waals surface area contributed by atoms with Crippen molar-refractivity contribution in [1.29, 1.82) is 0 Å². The molecule has 25 heavy (non-hydrogen) atoms. The van der Waals surface area contributed by atoms with Crippen LogP contribution in [-0.2, 0) is 18.2 Å². The van der Waals surface area contributed by atoms with Crippen LogP contribution in [0.4, 0.5) is 0 Å². The summed E-state index contributed by atoms with van der Waals surface area (Å²) in [6.07, 6.45) is 5.16. The van der Waals surface area contributed by atoms with Crippen LogP contribution in [0.15, 0.2) is 24.8 Å². The van der Waals surface area contributed by atoms with Crippen LogP contribution in [0.2, 0.25) is 0 Å². The van der Waals surface area contributed by atoms with Gasteiger partial charge in [-0.25, -0.2) is 9.97 Å². The van der Waals surface area contributed by atoms with E-state index in [0.717, 1.165) is 0 Å². The van der Waals surface area contributed by atoms with Crippen LogP contribution < -0.4 is 5.73 Å². The summed E-state index contributed by atoms with van der Waals surface area (Å²) in [5.41, 5.74) is 6.70. The maximum Gasteiger partial charge on any atom is 0.267 e. The Morgan fingerprint density at radius 3 is 2.96 bits per heavy atom. The number of carbonyl (C=O) groups is 2. The first-order chi connectivity index (χ1) is 12.0. The number of hydrogen-bond donors (Lipinski definition) is 1. The molecule has 1 fully saturated rings. The Kier molecular flexibility index (Phi) is 5.03. The molecule has 1 atom stereocenters. The number of hydrogen-bond acceptors (Lipinski definition) is 6. The van der Waals surface area contributed by atoms with Crippen molar-refractivity contribution in [2.24, 2.45) is 18.7 Å². The number of ether oxygens (including phenoxy) is 1. The fourth-order valence-electron chi connectivity index (χ4n) is 2.84. The quantitative estimate of drug-likeness (QED) is 0.810. The van der Waals surface area contributed by atoms with Gasteiger partial charge in [0.15, 0.2) is 0 Å². The highest BCUT2D eigenvalue weighted by Gasteiger charge is 2.25. The molecule has 1 aliphatic heterocycles. The molecule has 2 aromatic heterocycles. The summed E-state index contributed by atoms with van der Waals surface area (Å²) >= 11 is 0. The zero-order valence-electron chi connectivity index (χ0n) is 14.0. The number of amides is 2. The van der Waals surface area contributed by atoms with Gasteiger partial charge in [-0.1, -0.05) is 0 Å². The molecular weight excluding hydrogens is 324 g/mol. The van der Waals surface area contributed by atoms with Gasteiger partial charge in [0.05, 0.1) is 25.0 Å². The van der Waals surface area contributed by atoms with Crippen LogP contribution in [0.3, 0.4) is 0 Å². The monoisotopic (exact) mass is 344 g/mol. The lowest BCUT2D eigenvalue weighted by molar-refractivity contribution is 0.0737. The highest BCUT2D eigenvalue weighted by atomic mass is 16.5. The van der Waals surface area contributed by atoms with Gasteiger partial charge in [0.1, 0.15) is 12.0 Å². The normalized spacial score (nSPS) is 18.0. The summed E-state index contributed by atoms with van der Waals surface area (Å²) in [5.74, 6) is -0.586. The predicted molar refractivity (Wildman–Crippen MR) is 87.7 cm³/mol. The molecule has 1 aliphatic rings. The van der Waals surface area contributed by atoms with E-state index in [9.17, 15) is 9.59 Å². The Balaban J connectivity index is 1.70. The highest BCUT2D eigenvalue weighted by molar-refractivity contribution is 5.93. The first-order valence-electron chi connectivity index (χ1n) is 7.99. The van der Waals surface area contributed by atoms with Gasteiger partial charge in [-0.3, -0.25) is 14.3 Å². The lowest BCUT2D eigenvalue weighted by atomic mass is 10.0. The zero-order chi connectivity index (χ0) is 17.8. The van der Waals surface area contributed by atoms with Crippen molar-refractivity contribution in [2.45, 2.75) is 6.42 Å². The number of aromatic nitrogens is 4. The molecule has 1 saturated heterocycles. The first-order valence-corrected chi connectivity index (χ1v) is 7.99. The van der Waals surface area contributed by atoms with Gasteiger partial charge in [0.2, 0.25) is 0 Å². The minimum absolute atomic E-state index is 0.0656. The van der Waals surface area contributed by atoms with E-state index >= 15 is 0 Å². The van der Waals surface area contributed by atoms with Crippen molar-refractivity contribution in [3.63, 3.8) is 0 Å². The molecule has 1 unspecified atom stereocenters. The minimum Gasteiger partial charge on any atom is -0.379 e. The molecule has 9 nitrogen and oxygen atoms in total. The minimum atomic E-state index is -0.589. The SMILES string of the molecule is Cn1cc(C(=O)N2CCOCC(Cc3cc(C(N)=O)ncn3)C2)cn1. The lowest BCUT2D eigenvalue weighted by Gasteiger charge is -2.23. The molecule has 0 spiro atoms. The number of primary amides is 1.